The molecule has 2 aliphatic heterocycles. The third-order valence-corrected chi connectivity index (χ3v) is 13.0. The van der Waals surface area contributed by atoms with Gasteiger partial charge in [0.05, 0.1) is 39.3 Å². The average molecular weight is 816 g/mol. The molecular formula is C45H65N7O5S. The molecule has 0 bridgehead atoms. The van der Waals surface area contributed by atoms with Crippen LogP contribution >= 0.6 is 0 Å². The van der Waals surface area contributed by atoms with Gasteiger partial charge in [-0.3, -0.25) is 4.31 Å². The first kappa shape index (κ1) is 43.6. The van der Waals surface area contributed by atoms with Gasteiger partial charge in [0.25, 0.3) is 10.0 Å². The third kappa shape index (κ3) is 10.2. The summed E-state index contributed by atoms with van der Waals surface area (Å²) in [6.07, 6.45) is 4.38. The number of imidazole rings is 2. The van der Waals surface area contributed by atoms with E-state index in [1.54, 1.807) is 31.3 Å². The number of sulfonamides is 1. The van der Waals surface area contributed by atoms with Crippen LogP contribution in [-0.4, -0.2) is 86.3 Å². The quantitative estimate of drug-likeness (QED) is 0.110. The molecule has 0 atom stereocenters. The second-order valence-corrected chi connectivity index (χ2v) is 19.8. The summed E-state index contributed by atoms with van der Waals surface area (Å²) < 4.78 is 43.9. The number of anilines is 2. The molecular weight excluding hydrogens is 751 g/mol. The van der Waals surface area contributed by atoms with Gasteiger partial charge in [-0.05, 0) is 91.6 Å². The number of aliphatic hydroxyl groups excluding tert-OH is 1. The zero-order valence-electron chi connectivity index (χ0n) is 35.8. The molecule has 2 aromatic heterocycles. The van der Waals surface area contributed by atoms with Crippen LogP contribution in [0.4, 0.5) is 11.4 Å². The summed E-state index contributed by atoms with van der Waals surface area (Å²) in [5, 5.41) is 15.2. The van der Waals surface area contributed by atoms with Crippen LogP contribution in [0.25, 0.3) is 22.1 Å². The lowest BCUT2D eigenvalue weighted by atomic mass is 9.94. The molecule has 0 amide bonds. The summed E-state index contributed by atoms with van der Waals surface area (Å²) in [7, 11) is -0.203. The fourth-order valence-electron chi connectivity index (χ4n) is 7.88. The summed E-state index contributed by atoms with van der Waals surface area (Å²) in [5.74, 6) is 3.43. The minimum Gasteiger partial charge on any atom is -0.395 e. The zero-order chi connectivity index (χ0) is 41.7. The van der Waals surface area contributed by atoms with E-state index in [-0.39, 0.29) is 22.3 Å². The monoisotopic (exact) mass is 815 g/mol. The van der Waals surface area contributed by atoms with Gasteiger partial charge in [0.15, 0.2) is 0 Å². The minimum absolute atomic E-state index is 0.0456. The van der Waals surface area contributed by atoms with E-state index in [2.05, 4.69) is 79.5 Å². The number of benzene rings is 3. The van der Waals surface area contributed by atoms with E-state index >= 15 is 0 Å². The Morgan fingerprint density at radius 2 is 1.26 bits per heavy atom. The Morgan fingerprint density at radius 3 is 1.74 bits per heavy atom. The van der Waals surface area contributed by atoms with Gasteiger partial charge in [-0.25, -0.2) is 18.4 Å². The summed E-state index contributed by atoms with van der Waals surface area (Å²) in [5.41, 5.74) is 6.71. The van der Waals surface area contributed by atoms with Crippen LogP contribution in [0.1, 0.15) is 84.4 Å². The SMILES string of the molecule is CN(c1ccc2c(c1)nc(C(C)(C)C)n2CC1CCOCC1)S(=O)(=O)c1ccc(CNCCO)cc1.CNc1ccc2c(c1)nc(C(C)(C)C)n2CC1CCOCC1. The van der Waals surface area contributed by atoms with E-state index < -0.39 is 10.0 Å². The summed E-state index contributed by atoms with van der Waals surface area (Å²) in [6.45, 7) is 19.7. The number of aromatic nitrogens is 4. The van der Waals surface area contributed by atoms with E-state index in [1.165, 1.54) is 15.6 Å². The molecule has 0 unspecified atom stereocenters. The maximum absolute atomic E-state index is 13.4. The molecule has 2 saturated heterocycles. The first-order valence-corrected chi connectivity index (χ1v) is 22.3. The van der Waals surface area contributed by atoms with E-state index in [0.29, 0.717) is 30.6 Å². The summed E-state index contributed by atoms with van der Waals surface area (Å²) in [6, 6.07) is 19.0. The standard InChI is InChI=1S/C27H38N4O4S.C18H27N3O/c1-27(2,3)26-29-24-17-22(7-10-25(24)31(26)19-21-11-15-35-16-12-21)30(4)36(33,34)23-8-5-20(6-9-23)18-28-13-14-32;1-18(2,3)17-20-15-11-14(19-4)5-6-16(15)21(17)12-13-7-9-22-10-8-13/h5-10,17,21,28,32H,11-16,18-19H2,1-4H3;5-6,11,13,19H,7-10,12H2,1-4H3. The fraction of sp³-hybridized carbons (Fsp3) is 0.556. The molecule has 2 fully saturated rings. The Kier molecular flexibility index (Phi) is 13.9. The number of nitrogens with one attached hydrogen (secondary N) is 2. The van der Waals surface area contributed by atoms with E-state index in [4.69, 9.17) is 24.5 Å². The van der Waals surface area contributed by atoms with Gasteiger partial charge >= 0.3 is 0 Å². The Morgan fingerprint density at radius 1 is 0.759 bits per heavy atom. The van der Waals surface area contributed by atoms with Gasteiger partial charge in [0, 0.05) is 83.2 Å². The lowest BCUT2D eigenvalue weighted by Gasteiger charge is -2.26. The number of hydrogen-bond acceptors (Lipinski definition) is 9. The molecule has 3 aromatic carbocycles. The van der Waals surface area contributed by atoms with Gasteiger partial charge in [0.1, 0.15) is 11.6 Å². The fourth-order valence-corrected chi connectivity index (χ4v) is 9.06. The van der Waals surface area contributed by atoms with Crippen molar-refractivity contribution in [2.75, 3.05) is 63.3 Å². The summed E-state index contributed by atoms with van der Waals surface area (Å²) in [4.78, 5) is 10.2. The van der Waals surface area contributed by atoms with E-state index in [9.17, 15) is 8.42 Å². The molecule has 0 spiro atoms. The number of nitrogens with zero attached hydrogens (tertiary/aromatic N) is 5. The molecule has 5 aromatic rings. The lowest BCUT2D eigenvalue weighted by molar-refractivity contribution is 0.0610. The number of rotatable bonds is 12. The first-order valence-electron chi connectivity index (χ1n) is 20.8. The predicted molar refractivity (Wildman–Crippen MR) is 234 cm³/mol. The lowest BCUT2D eigenvalue weighted by Crippen LogP contribution is -2.26. The number of hydrogen-bond donors (Lipinski definition) is 3. The molecule has 0 saturated carbocycles. The molecule has 12 nitrogen and oxygen atoms in total. The van der Waals surface area contributed by atoms with Gasteiger partial charge in [-0.2, -0.15) is 0 Å². The van der Waals surface area contributed by atoms with Gasteiger partial charge < -0.3 is 34.3 Å². The van der Waals surface area contributed by atoms with Crippen molar-refractivity contribution in [1.82, 2.24) is 24.4 Å². The normalized spacial score (nSPS) is 16.1. The number of aliphatic hydroxyl groups is 1. The molecule has 0 aliphatic carbocycles. The second-order valence-electron chi connectivity index (χ2n) is 17.8. The topological polar surface area (TPSA) is 136 Å². The largest absolute Gasteiger partial charge is 0.395 e. The second kappa shape index (κ2) is 18.5. The van der Waals surface area contributed by atoms with Crippen LogP contribution in [0.5, 0.6) is 0 Å². The molecule has 2 aliphatic rings. The molecule has 7 rings (SSSR count). The molecule has 13 heteroatoms. The van der Waals surface area contributed by atoms with Crippen LogP contribution in [0.15, 0.2) is 65.6 Å². The Bertz CT molecular complexity index is 2220. The van der Waals surface area contributed by atoms with Crippen molar-refractivity contribution in [3.8, 4) is 0 Å². The van der Waals surface area contributed by atoms with Gasteiger partial charge in [-0.15, -0.1) is 0 Å². The highest BCUT2D eigenvalue weighted by atomic mass is 32.2. The summed E-state index contributed by atoms with van der Waals surface area (Å²) >= 11 is 0. The first-order chi connectivity index (χ1) is 27.6. The van der Waals surface area contributed by atoms with Crippen molar-refractivity contribution >= 4 is 43.5 Å². The van der Waals surface area contributed by atoms with Crippen molar-refractivity contribution in [2.24, 2.45) is 11.8 Å². The predicted octanol–water partition coefficient (Wildman–Crippen LogP) is 7.47. The zero-order valence-corrected chi connectivity index (χ0v) is 36.7. The van der Waals surface area contributed by atoms with Crippen molar-refractivity contribution in [1.29, 1.82) is 0 Å². The van der Waals surface area contributed by atoms with E-state index in [1.807, 2.05) is 25.2 Å². The smallest absolute Gasteiger partial charge is 0.264 e. The average Bonchev–Trinajstić information content (AvgIpc) is 3.77. The molecule has 58 heavy (non-hydrogen) atoms. The van der Waals surface area contributed by atoms with Crippen LogP contribution in [-0.2, 0) is 50.0 Å². The molecule has 0 radical (unpaired) electrons. The van der Waals surface area contributed by atoms with Crippen LogP contribution in [0, 0.1) is 11.8 Å². The number of ether oxygens (including phenoxy) is 2. The third-order valence-electron chi connectivity index (χ3n) is 11.2. The van der Waals surface area contributed by atoms with Crippen LogP contribution in [0.3, 0.4) is 0 Å². The highest BCUT2D eigenvalue weighted by Crippen LogP contribution is 2.33. The highest BCUT2D eigenvalue weighted by Gasteiger charge is 2.28. The van der Waals surface area contributed by atoms with Crippen molar-refractivity contribution in [2.45, 2.75) is 103 Å². The maximum Gasteiger partial charge on any atom is 0.264 e. The maximum atomic E-state index is 13.4. The molecule has 3 N–H and O–H groups in total. The van der Waals surface area contributed by atoms with Crippen molar-refractivity contribution < 1.29 is 23.0 Å². The van der Waals surface area contributed by atoms with Crippen LogP contribution < -0.4 is 14.9 Å². The number of fused-ring (bicyclic) bond motifs is 2. The molecule has 4 heterocycles. The Hall–Kier alpha value is -4.01. The Balaban J connectivity index is 0.000000220. The molecule has 316 valence electrons. The minimum atomic E-state index is -3.73. The van der Waals surface area contributed by atoms with Crippen LogP contribution in [0.2, 0.25) is 0 Å². The van der Waals surface area contributed by atoms with Crippen molar-refractivity contribution in [3.05, 3.63) is 77.9 Å². The Labute approximate surface area is 345 Å². The van der Waals surface area contributed by atoms with E-state index in [0.717, 1.165) is 98.8 Å². The van der Waals surface area contributed by atoms with Gasteiger partial charge in [0.2, 0.25) is 0 Å². The highest BCUT2D eigenvalue weighted by molar-refractivity contribution is 7.92. The van der Waals surface area contributed by atoms with Gasteiger partial charge in [-0.1, -0.05) is 53.7 Å². The van der Waals surface area contributed by atoms with Crippen molar-refractivity contribution in [3.63, 3.8) is 0 Å².